The van der Waals surface area contributed by atoms with Gasteiger partial charge in [-0.1, -0.05) is 72.8 Å². The van der Waals surface area contributed by atoms with E-state index in [0.29, 0.717) is 12.1 Å². The zero-order valence-corrected chi connectivity index (χ0v) is 17.9. The molecule has 7 heteroatoms. The fraction of sp³-hybridized carbons (Fsp3) is 0.115. The Hall–Kier alpha value is -4.23. The zero-order valence-electron chi connectivity index (χ0n) is 17.9. The molecule has 3 aromatic rings. The molecule has 0 aliphatic heterocycles. The lowest BCUT2D eigenvalue weighted by Gasteiger charge is -2.18. The molecule has 0 spiro atoms. The summed E-state index contributed by atoms with van der Waals surface area (Å²) >= 11 is 0. The van der Waals surface area contributed by atoms with Crippen molar-refractivity contribution in [3.63, 3.8) is 0 Å². The lowest BCUT2D eigenvalue weighted by molar-refractivity contribution is -0.124. The number of carbonyl (C=O) groups is 3. The number of hydroxylamine groups is 1. The summed E-state index contributed by atoms with van der Waals surface area (Å²) < 4.78 is 0. The van der Waals surface area contributed by atoms with E-state index in [9.17, 15) is 14.4 Å². The van der Waals surface area contributed by atoms with Crippen LogP contribution in [0.2, 0.25) is 0 Å². The van der Waals surface area contributed by atoms with Crippen LogP contribution in [0.25, 0.3) is 6.08 Å². The Kier molecular flexibility index (Phi) is 8.50. The van der Waals surface area contributed by atoms with Crippen LogP contribution in [0.15, 0.2) is 91.0 Å². The highest BCUT2D eigenvalue weighted by atomic mass is 16.5. The molecular weight excluding hydrogens is 418 g/mol. The molecule has 0 saturated carbocycles. The Morgan fingerprint density at radius 1 is 0.818 bits per heavy atom. The lowest BCUT2D eigenvalue weighted by atomic mass is 9.96. The van der Waals surface area contributed by atoms with E-state index >= 15 is 0 Å². The molecular formula is C26H25N3O4. The number of carbonyl (C=O) groups excluding carboxylic acids is 3. The smallest absolute Gasteiger partial charge is 0.267 e. The van der Waals surface area contributed by atoms with Gasteiger partial charge in [0.1, 0.15) is 0 Å². The van der Waals surface area contributed by atoms with Gasteiger partial charge in [0.2, 0.25) is 5.91 Å². The summed E-state index contributed by atoms with van der Waals surface area (Å²) in [5, 5.41) is 14.4. The molecule has 3 rings (SSSR count). The van der Waals surface area contributed by atoms with E-state index in [1.807, 2.05) is 36.4 Å². The summed E-state index contributed by atoms with van der Waals surface area (Å²) in [6.45, 7) is 0.496. The molecule has 7 nitrogen and oxygen atoms in total. The Bertz CT molecular complexity index is 1100. The van der Waals surface area contributed by atoms with Crippen molar-refractivity contribution in [1.82, 2.24) is 16.1 Å². The van der Waals surface area contributed by atoms with Crippen LogP contribution in [0.1, 0.15) is 33.0 Å². The standard InChI is InChI=1S/C26H25N3O4/c30-24(29-33)16-13-19-11-14-21(15-12-19)23(18-28-25(31)22-9-5-2-6-10-22)26(32)27-17-20-7-3-1-4-8-20/h1-16,23,33H,17-18H2,(H,27,32)(H,28,31)(H,29,30). The number of hydrogen-bond donors (Lipinski definition) is 4. The summed E-state index contributed by atoms with van der Waals surface area (Å²) in [5.74, 6) is -1.72. The molecule has 0 aromatic heterocycles. The maximum absolute atomic E-state index is 13.0. The SMILES string of the molecule is O=C(C=Cc1ccc(C(CNC(=O)c2ccccc2)C(=O)NCc2ccccc2)cc1)NO. The third kappa shape index (κ3) is 7.15. The molecule has 3 aromatic carbocycles. The van der Waals surface area contributed by atoms with Crippen LogP contribution in [0, 0.1) is 0 Å². The molecule has 33 heavy (non-hydrogen) atoms. The predicted octanol–water partition coefficient (Wildman–Crippen LogP) is 3.04. The maximum Gasteiger partial charge on any atom is 0.267 e. The first-order chi connectivity index (χ1) is 16.1. The fourth-order valence-corrected chi connectivity index (χ4v) is 3.21. The summed E-state index contributed by atoms with van der Waals surface area (Å²) in [4.78, 5) is 36.7. The second-order valence-corrected chi connectivity index (χ2v) is 7.31. The second-order valence-electron chi connectivity index (χ2n) is 7.31. The monoisotopic (exact) mass is 443 g/mol. The molecule has 0 radical (unpaired) electrons. The normalized spacial score (nSPS) is 11.5. The Morgan fingerprint density at radius 2 is 1.45 bits per heavy atom. The summed E-state index contributed by atoms with van der Waals surface area (Å²) in [6, 6.07) is 25.5. The van der Waals surface area contributed by atoms with Gasteiger partial charge in [-0.15, -0.1) is 0 Å². The Balaban J connectivity index is 1.73. The van der Waals surface area contributed by atoms with Gasteiger partial charge in [0.05, 0.1) is 5.92 Å². The van der Waals surface area contributed by atoms with Crippen molar-refractivity contribution in [2.24, 2.45) is 0 Å². The van der Waals surface area contributed by atoms with Gasteiger partial charge in [0, 0.05) is 24.7 Å². The third-order valence-electron chi connectivity index (χ3n) is 5.00. The molecule has 0 saturated heterocycles. The molecule has 0 aliphatic rings. The van der Waals surface area contributed by atoms with Gasteiger partial charge >= 0.3 is 0 Å². The van der Waals surface area contributed by atoms with Crippen LogP contribution in [0.4, 0.5) is 0 Å². The number of amides is 3. The van der Waals surface area contributed by atoms with E-state index in [1.165, 1.54) is 17.6 Å². The highest BCUT2D eigenvalue weighted by molar-refractivity contribution is 5.95. The topological polar surface area (TPSA) is 108 Å². The number of rotatable bonds is 9. The largest absolute Gasteiger partial charge is 0.351 e. The molecule has 4 N–H and O–H groups in total. The van der Waals surface area contributed by atoms with Crippen LogP contribution < -0.4 is 16.1 Å². The average Bonchev–Trinajstić information content (AvgIpc) is 2.87. The third-order valence-corrected chi connectivity index (χ3v) is 5.00. The lowest BCUT2D eigenvalue weighted by Crippen LogP contribution is -2.37. The molecule has 0 aliphatic carbocycles. The summed E-state index contributed by atoms with van der Waals surface area (Å²) in [6.07, 6.45) is 2.73. The molecule has 3 amide bonds. The van der Waals surface area contributed by atoms with E-state index in [1.54, 1.807) is 48.5 Å². The summed E-state index contributed by atoms with van der Waals surface area (Å²) in [5.41, 5.74) is 4.46. The van der Waals surface area contributed by atoms with E-state index in [4.69, 9.17) is 5.21 Å². The molecule has 168 valence electrons. The first-order valence-corrected chi connectivity index (χ1v) is 10.4. The molecule has 0 fully saturated rings. The van der Waals surface area contributed by atoms with Gasteiger partial charge in [0.25, 0.3) is 11.8 Å². The molecule has 0 heterocycles. The Labute approximate surface area is 192 Å². The van der Waals surface area contributed by atoms with Gasteiger partial charge in [-0.05, 0) is 34.9 Å². The average molecular weight is 444 g/mol. The minimum absolute atomic E-state index is 0.121. The Morgan fingerprint density at radius 3 is 2.09 bits per heavy atom. The van der Waals surface area contributed by atoms with Crippen molar-refractivity contribution in [2.75, 3.05) is 6.54 Å². The quantitative estimate of drug-likeness (QED) is 0.232. The van der Waals surface area contributed by atoms with Crippen LogP contribution >= 0.6 is 0 Å². The van der Waals surface area contributed by atoms with E-state index in [-0.39, 0.29) is 18.4 Å². The number of benzene rings is 3. The number of nitrogens with one attached hydrogen (secondary N) is 3. The molecule has 1 unspecified atom stereocenters. The summed E-state index contributed by atoms with van der Waals surface area (Å²) in [7, 11) is 0. The van der Waals surface area contributed by atoms with Gasteiger partial charge < -0.3 is 10.6 Å². The van der Waals surface area contributed by atoms with Crippen LogP contribution in [0.5, 0.6) is 0 Å². The van der Waals surface area contributed by atoms with Crippen molar-refractivity contribution in [2.45, 2.75) is 12.5 Å². The van der Waals surface area contributed by atoms with Gasteiger partial charge in [-0.25, -0.2) is 5.48 Å². The van der Waals surface area contributed by atoms with Crippen molar-refractivity contribution in [1.29, 1.82) is 0 Å². The molecule has 1 atom stereocenters. The van der Waals surface area contributed by atoms with E-state index in [0.717, 1.165) is 16.7 Å². The van der Waals surface area contributed by atoms with Gasteiger partial charge in [-0.3, -0.25) is 19.6 Å². The van der Waals surface area contributed by atoms with Crippen LogP contribution in [-0.4, -0.2) is 29.5 Å². The molecule has 0 bridgehead atoms. The van der Waals surface area contributed by atoms with Gasteiger partial charge in [-0.2, -0.15) is 0 Å². The predicted molar refractivity (Wildman–Crippen MR) is 125 cm³/mol. The number of hydrogen-bond acceptors (Lipinski definition) is 4. The maximum atomic E-state index is 13.0. The van der Waals surface area contributed by atoms with E-state index in [2.05, 4.69) is 10.6 Å². The minimum atomic E-state index is -0.638. The van der Waals surface area contributed by atoms with Crippen molar-refractivity contribution < 1.29 is 19.6 Å². The van der Waals surface area contributed by atoms with E-state index < -0.39 is 11.8 Å². The van der Waals surface area contributed by atoms with Crippen LogP contribution in [-0.2, 0) is 16.1 Å². The van der Waals surface area contributed by atoms with Crippen molar-refractivity contribution in [3.05, 3.63) is 113 Å². The zero-order chi connectivity index (χ0) is 23.5. The first kappa shape index (κ1) is 23.4. The highest BCUT2D eigenvalue weighted by Crippen LogP contribution is 2.18. The van der Waals surface area contributed by atoms with Crippen molar-refractivity contribution >= 4 is 23.8 Å². The second kappa shape index (κ2) is 12.0. The van der Waals surface area contributed by atoms with Crippen molar-refractivity contribution in [3.8, 4) is 0 Å². The van der Waals surface area contributed by atoms with Crippen LogP contribution in [0.3, 0.4) is 0 Å². The fourth-order valence-electron chi connectivity index (χ4n) is 3.21. The first-order valence-electron chi connectivity index (χ1n) is 10.4. The highest BCUT2D eigenvalue weighted by Gasteiger charge is 2.21. The minimum Gasteiger partial charge on any atom is -0.351 e. The van der Waals surface area contributed by atoms with Gasteiger partial charge in [0.15, 0.2) is 0 Å².